The first kappa shape index (κ1) is 19.8. The molecule has 0 fully saturated rings. The van der Waals surface area contributed by atoms with Crippen LogP contribution in [0.3, 0.4) is 0 Å². The van der Waals surface area contributed by atoms with Crippen molar-refractivity contribution in [3.8, 4) is 22.3 Å². The van der Waals surface area contributed by atoms with Gasteiger partial charge < -0.3 is 0 Å². The molecule has 0 aliphatic heterocycles. The Bertz CT molecular complexity index is 688. The second-order valence-electron chi connectivity index (χ2n) is 5.08. The van der Waals surface area contributed by atoms with Gasteiger partial charge in [-0.3, -0.25) is 4.70 Å². The molecule has 24 heavy (non-hydrogen) atoms. The topological polar surface area (TPSA) is 0 Å². The smallest absolute Gasteiger partial charge is 0.269 e. The Labute approximate surface area is 157 Å². The van der Waals surface area contributed by atoms with E-state index in [4.69, 9.17) is 0 Å². The molecule has 0 bridgehead atoms. The number of hydrogen-bond acceptors (Lipinski definition) is 0. The molecular formula is C22H19FTi. The SMILES string of the molecule is F.[Ti+2].c1ccc(-c2ccc[cH-]2)cc1.c1ccc(-c2ccc[cH-]2)cc1. The van der Waals surface area contributed by atoms with Crippen molar-refractivity contribution in [3.05, 3.63) is 109 Å². The molecule has 0 N–H and O–H groups in total. The van der Waals surface area contributed by atoms with Crippen LogP contribution in [-0.4, -0.2) is 0 Å². The van der Waals surface area contributed by atoms with E-state index in [0.717, 1.165) is 0 Å². The van der Waals surface area contributed by atoms with Crippen LogP contribution in [0, 0.1) is 0 Å². The molecule has 0 aromatic heterocycles. The summed E-state index contributed by atoms with van der Waals surface area (Å²) in [5.74, 6) is 0. The van der Waals surface area contributed by atoms with Crippen molar-refractivity contribution in [3.63, 3.8) is 0 Å². The minimum absolute atomic E-state index is 0. The van der Waals surface area contributed by atoms with Crippen LogP contribution in [-0.2, 0) is 21.7 Å². The van der Waals surface area contributed by atoms with Crippen LogP contribution in [0.2, 0.25) is 0 Å². The Morgan fingerprint density at radius 3 is 1.12 bits per heavy atom. The Kier molecular flexibility index (Phi) is 8.71. The van der Waals surface area contributed by atoms with Gasteiger partial charge in [-0.2, -0.15) is 47.5 Å². The summed E-state index contributed by atoms with van der Waals surface area (Å²) in [6.07, 6.45) is 0. The van der Waals surface area contributed by atoms with Gasteiger partial charge in [-0.15, -0.1) is 23.3 Å². The molecule has 0 nitrogen and oxygen atoms in total. The van der Waals surface area contributed by atoms with Gasteiger partial charge in [0.15, 0.2) is 0 Å². The molecule has 2 heteroatoms. The summed E-state index contributed by atoms with van der Waals surface area (Å²) in [4.78, 5) is 0. The van der Waals surface area contributed by atoms with Gasteiger partial charge in [0, 0.05) is 0 Å². The summed E-state index contributed by atoms with van der Waals surface area (Å²) in [5.41, 5.74) is 5.17. The fourth-order valence-corrected chi connectivity index (χ4v) is 2.39. The van der Waals surface area contributed by atoms with E-state index in [2.05, 4.69) is 97.1 Å². The molecular weight excluding hydrogens is 331 g/mol. The van der Waals surface area contributed by atoms with Gasteiger partial charge in [-0.05, 0) is 0 Å². The van der Waals surface area contributed by atoms with Crippen molar-refractivity contribution in [1.29, 1.82) is 0 Å². The molecule has 4 rings (SSSR count). The summed E-state index contributed by atoms with van der Waals surface area (Å²) in [6, 6.07) is 37.5. The van der Waals surface area contributed by atoms with Crippen LogP contribution >= 0.6 is 0 Å². The van der Waals surface area contributed by atoms with Gasteiger partial charge in [0.1, 0.15) is 0 Å². The minimum atomic E-state index is 0. The molecule has 0 heterocycles. The fraction of sp³-hybridized carbons (Fsp3) is 0. The van der Waals surface area contributed by atoms with E-state index < -0.39 is 0 Å². The van der Waals surface area contributed by atoms with Gasteiger partial charge >= 0.3 is 21.7 Å². The van der Waals surface area contributed by atoms with Gasteiger partial charge in [-0.1, -0.05) is 60.7 Å². The molecule has 4 aromatic rings. The van der Waals surface area contributed by atoms with Crippen LogP contribution in [0.4, 0.5) is 4.70 Å². The summed E-state index contributed by atoms with van der Waals surface area (Å²) >= 11 is 0. The van der Waals surface area contributed by atoms with E-state index in [9.17, 15) is 0 Å². The van der Waals surface area contributed by atoms with E-state index in [0.29, 0.717) is 0 Å². The molecule has 0 saturated heterocycles. The summed E-state index contributed by atoms with van der Waals surface area (Å²) in [7, 11) is 0. The van der Waals surface area contributed by atoms with Gasteiger partial charge in [0.25, 0.3) is 0 Å². The first-order valence-electron chi connectivity index (χ1n) is 7.48. The molecule has 118 valence electrons. The third kappa shape index (κ3) is 5.45. The zero-order chi connectivity index (χ0) is 15.0. The average Bonchev–Trinajstić information content (AvgIpc) is 3.31. The molecule has 0 unspecified atom stereocenters. The molecule has 4 aromatic carbocycles. The average molecular weight is 350 g/mol. The molecule has 0 amide bonds. The number of rotatable bonds is 2. The van der Waals surface area contributed by atoms with Crippen LogP contribution < -0.4 is 0 Å². The van der Waals surface area contributed by atoms with Gasteiger partial charge in [0.05, 0.1) is 0 Å². The molecule has 0 radical (unpaired) electrons. The van der Waals surface area contributed by atoms with E-state index in [-0.39, 0.29) is 26.4 Å². The largest absolute Gasteiger partial charge is 2.00 e. The fourth-order valence-electron chi connectivity index (χ4n) is 2.39. The number of hydrogen-bond donors (Lipinski definition) is 0. The zero-order valence-corrected chi connectivity index (χ0v) is 14.9. The second kappa shape index (κ2) is 10.5. The number of benzene rings is 2. The quantitative estimate of drug-likeness (QED) is 0.294. The Morgan fingerprint density at radius 1 is 0.458 bits per heavy atom. The molecule has 0 atom stereocenters. The zero-order valence-electron chi connectivity index (χ0n) is 13.3. The van der Waals surface area contributed by atoms with Crippen LogP contribution in [0.1, 0.15) is 0 Å². The maximum atomic E-state index is 2.12. The normalized spacial score (nSPS) is 9.00. The van der Waals surface area contributed by atoms with E-state index in [1.807, 2.05) is 12.1 Å². The van der Waals surface area contributed by atoms with E-state index in [1.165, 1.54) is 22.3 Å². The maximum absolute atomic E-state index is 2.12. The second-order valence-corrected chi connectivity index (χ2v) is 5.08. The van der Waals surface area contributed by atoms with Crippen molar-refractivity contribution >= 4 is 0 Å². The first-order chi connectivity index (χ1) is 10.9. The van der Waals surface area contributed by atoms with Crippen molar-refractivity contribution < 1.29 is 26.4 Å². The van der Waals surface area contributed by atoms with Crippen molar-refractivity contribution in [1.82, 2.24) is 0 Å². The van der Waals surface area contributed by atoms with Crippen molar-refractivity contribution in [2.75, 3.05) is 0 Å². The maximum Gasteiger partial charge on any atom is 2.00 e. The van der Waals surface area contributed by atoms with Gasteiger partial charge in [0.2, 0.25) is 0 Å². The Hall–Kier alpha value is -2.22. The minimum Gasteiger partial charge on any atom is -0.269 e. The van der Waals surface area contributed by atoms with E-state index >= 15 is 0 Å². The predicted molar refractivity (Wildman–Crippen MR) is 97.4 cm³/mol. The summed E-state index contributed by atoms with van der Waals surface area (Å²) in [6.45, 7) is 0. The van der Waals surface area contributed by atoms with Crippen LogP contribution in [0.25, 0.3) is 22.3 Å². The van der Waals surface area contributed by atoms with Crippen LogP contribution in [0.15, 0.2) is 109 Å². The van der Waals surface area contributed by atoms with E-state index in [1.54, 1.807) is 0 Å². The monoisotopic (exact) mass is 350 g/mol. The molecule has 0 saturated carbocycles. The van der Waals surface area contributed by atoms with Crippen LogP contribution in [0.5, 0.6) is 0 Å². The molecule has 0 aliphatic carbocycles. The standard InChI is InChI=1S/2C11H9.FH.Ti/c2*1-2-6-10(7-3-1)11-8-4-5-9-11;;/h2*1-9H;1H;/q2*-1;;+2. The Morgan fingerprint density at radius 2 is 0.833 bits per heavy atom. The first-order valence-corrected chi connectivity index (χ1v) is 7.48. The number of halogens is 1. The molecule has 0 spiro atoms. The van der Waals surface area contributed by atoms with Gasteiger partial charge in [-0.25, -0.2) is 0 Å². The third-order valence-corrected chi connectivity index (χ3v) is 3.54. The third-order valence-electron chi connectivity index (χ3n) is 3.54. The summed E-state index contributed by atoms with van der Waals surface area (Å²) in [5, 5.41) is 0. The predicted octanol–water partition coefficient (Wildman–Crippen LogP) is 6.30. The van der Waals surface area contributed by atoms with Crippen molar-refractivity contribution in [2.24, 2.45) is 0 Å². The molecule has 0 aliphatic rings. The Balaban J connectivity index is 0.000000222. The summed E-state index contributed by atoms with van der Waals surface area (Å²) < 4.78 is 0. The van der Waals surface area contributed by atoms with Crippen molar-refractivity contribution in [2.45, 2.75) is 0 Å².